The third-order valence-electron chi connectivity index (χ3n) is 3.67. The lowest BCUT2D eigenvalue weighted by molar-refractivity contribution is -0.132. The number of methoxy groups -OCH3 is 1. The summed E-state index contributed by atoms with van der Waals surface area (Å²) in [7, 11) is 1.62. The van der Waals surface area contributed by atoms with E-state index in [1.165, 1.54) is 0 Å². The van der Waals surface area contributed by atoms with Crippen LogP contribution in [-0.4, -0.2) is 43.5 Å². The molecule has 1 aromatic rings. The van der Waals surface area contributed by atoms with Crippen LogP contribution in [0, 0.1) is 0 Å². The molecule has 0 saturated carbocycles. The summed E-state index contributed by atoms with van der Waals surface area (Å²) in [4.78, 5) is 25.4. The summed E-state index contributed by atoms with van der Waals surface area (Å²) >= 11 is 0. The van der Waals surface area contributed by atoms with Crippen molar-refractivity contribution in [2.24, 2.45) is 0 Å². The van der Waals surface area contributed by atoms with Gasteiger partial charge in [-0.1, -0.05) is 12.1 Å². The number of aryl methyl sites for hydroxylation is 1. The second-order valence-corrected chi connectivity index (χ2v) is 5.22. The molecule has 2 rings (SSSR count). The van der Waals surface area contributed by atoms with Crippen LogP contribution in [0.15, 0.2) is 24.3 Å². The van der Waals surface area contributed by atoms with Crippen LogP contribution >= 0.6 is 0 Å². The minimum absolute atomic E-state index is 0.0160. The highest BCUT2D eigenvalue weighted by Gasteiger charge is 2.17. The Kier molecular flexibility index (Phi) is 5.60. The average Bonchev–Trinajstić information content (AvgIpc) is 3.05. The zero-order valence-electron chi connectivity index (χ0n) is 12.4. The molecule has 0 atom stereocenters. The Morgan fingerprint density at radius 3 is 2.76 bits per heavy atom. The highest BCUT2D eigenvalue weighted by Crippen LogP contribution is 2.13. The van der Waals surface area contributed by atoms with Gasteiger partial charge >= 0.3 is 0 Å². The van der Waals surface area contributed by atoms with E-state index < -0.39 is 0 Å². The Balaban J connectivity index is 1.70. The fraction of sp³-hybridized carbons (Fsp3) is 0.500. The van der Waals surface area contributed by atoms with Crippen LogP contribution in [0.4, 0.5) is 0 Å². The van der Waals surface area contributed by atoms with Crippen LogP contribution in [0.3, 0.4) is 0 Å². The predicted molar refractivity (Wildman–Crippen MR) is 80.1 cm³/mol. The summed E-state index contributed by atoms with van der Waals surface area (Å²) in [5, 5.41) is 2.70. The second-order valence-electron chi connectivity index (χ2n) is 5.22. The van der Waals surface area contributed by atoms with E-state index in [9.17, 15) is 9.59 Å². The molecule has 0 radical (unpaired) electrons. The van der Waals surface area contributed by atoms with Gasteiger partial charge in [-0.05, 0) is 37.0 Å². The molecule has 1 N–H and O–H groups in total. The summed E-state index contributed by atoms with van der Waals surface area (Å²) in [6.45, 7) is 1.74. The number of nitrogens with one attached hydrogen (secondary N) is 1. The largest absolute Gasteiger partial charge is 0.497 e. The van der Waals surface area contributed by atoms with Crippen molar-refractivity contribution < 1.29 is 14.3 Å². The maximum Gasteiger partial charge on any atom is 0.241 e. The van der Waals surface area contributed by atoms with Gasteiger partial charge in [0.2, 0.25) is 11.8 Å². The first-order valence-electron chi connectivity index (χ1n) is 7.36. The van der Waals surface area contributed by atoms with Crippen molar-refractivity contribution in [1.82, 2.24) is 10.2 Å². The first-order chi connectivity index (χ1) is 10.2. The van der Waals surface area contributed by atoms with Crippen molar-refractivity contribution in [3.63, 3.8) is 0 Å². The molecule has 21 heavy (non-hydrogen) atoms. The van der Waals surface area contributed by atoms with Crippen LogP contribution in [-0.2, 0) is 16.0 Å². The smallest absolute Gasteiger partial charge is 0.241 e. The van der Waals surface area contributed by atoms with Crippen molar-refractivity contribution in [2.75, 3.05) is 26.7 Å². The molecule has 1 aliphatic heterocycles. The van der Waals surface area contributed by atoms with Crippen LogP contribution < -0.4 is 10.1 Å². The topological polar surface area (TPSA) is 58.6 Å². The maximum atomic E-state index is 11.8. The number of carbonyl (C=O) groups is 2. The van der Waals surface area contributed by atoms with Gasteiger partial charge in [0.05, 0.1) is 13.7 Å². The fourth-order valence-corrected chi connectivity index (χ4v) is 2.43. The standard InChI is InChI=1S/C16H22N2O3/c1-21-14-6-4-5-13(11-14)7-8-15(19)17-12-16(20)18-9-2-3-10-18/h4-6,11H,2-3,7-10,12H2,1H3,(H,17,19). The molecule has 1 saturated heterocycles. The number of nitrogens with zero attached hydrogens (tertiary/aromatic N) is 1. The molecule has 0 aromatic heterocycles. The molecule has 5 heteroatoms. The van der Waals surface area contributed by atoms with E-state index in [4.69, 9.17) is 4.74 Å². The molecular formula is C16H22N2O3. The Morgan fingerprint density at radius 2 is 2.05 bits per heavy atom. The lowest BCUT2D eigenvalue weighted by Gasteiger charge is -2.15. The van der Waals surface area contributed by atoms with Gasteiger partial charge in [-0.15, -0.1) is 0 Å². The van der Waals surface area contributed by atoms with Gasteiger partial charge in [-0.25, -0.2) is 0 Å². The van der Waals surface area contributed by atoms with Crippen molar-refractivity contribution in [3.8, 4) is 5.75 Å². The first kappa shape index (κ1) is 15.4. The van der Waals surface area contributed by atoms with E-state index in [2.05, 4.69) is 5.32 Å². The first-order valence-corrected chi connectivity index (χ1v) is 7.36. The molecule has 1 aromatic carbocycles. The number of rotatable bonds is 6. The van der Waals surface area contributed by atoms with Gasteiger partial charge in [0, 0.05) is 19.5 Å². The molecule has 5 nitrogen and oxygen atoms in total. The molecular weight excluding hydrogens is 268 g/mol. The third kappa shape index (κ3) is 4.77. The number of amides is 2. The minimum Gasteiger partial charge on any atom is -0.497 e. The van der Waals surface area contributed by atoms with Gasteiger partial charge in [0.1, 0.15) is 5.75 Å². The van der Waals surface area contributed by atoms with Crippen molar-refractivity contribution >= 4 is 11.8 Å². The Bertz CT molecular complexity index is 496. The van der Waals surface area contributed by atoms with Gasteiger partial charge in [-0.3, -0.25) is 9.59 Å². The average molecular weight is 290 g/mol. The van der Waals surface area contributed by atoms with E-state index in [0.29, 0.717) is 12.8 Å². The van der Waals surface area contributed by atoms with E-state index in [1.54, 1.807) is 7.11 Å². The Morgan fingerprint density at radius 1 is 1.29 bits per heavy atom. The molecule has 1 heterocycles. The summed E-state index contributed by atoms with van der Waals surface area (Å²) in [5.74, 6) is 0.713. The van der Waals surface area contributed by atoms with Crippen LogP contribution in [0.25, 0.3) is 0 Å². The number of benzene rings is 1. The molecule has 0 unspecified atom stereocenters. The van der Waals surface area contributed by atoms with Crippen molar-refractivity contribution in [2.45, 2.75) is 25.7 Å². The van der Waals surface area contributed by atoms with Gasteiger partial charge in [0.25, 0.3) is 0 Å². The van der Waals surface area contributed by atoms with Crippen LogP contribution in [0.1, 0.15) is 24.8 Å². The summed E-state index contributed by atoms with van der Waals surface area (Å²) in [6.07, 6.45) is 3.15. The lowest BCUT2D eigenvalue weighted by atomic mass is 10.1. The highest BCUT2D eigenvalue weighted by molar-refractivity contribution is 5.84. The van der Waals surface area contributed by atoms with Crippen LogP contribution in [0.5, 0.6) is 5.75 Å². The second kappa shape index (κ2) is 7.67. The molecule has 2 amide bonds. The van der Waals surface area contributed by atoms with Gasteiger partial charge in [0.15, 0.2) is 0 Å². The molecule has 114 valence electrons. The zero-order chi connectivity index (χ0) is 15.1. The number of ether oxygens (including phenoxy) is 1. The number of carbonyl (C=O) groups excluding carboxylic acids is 2. The quantitative estimate of drug-likeness (QED) is 0.861. The predicted octanol–water partition coefficient (Wildman–Crippen LogP) is 1.37. The number of likely N-dealkylation sites (tertiary alicyclic amines) is 1. The molecule has 0 bridgehead atoms. The molecule has 0 aliphatic carbocycles. The van der Waals surface area contributed by atoms with E-state index in [1.807, 2.05) is 29.2 Å². The minimum atomic E-state index is -0.0923. The zero-order valence-corrected chi connectivity index (χ0v) is 12.4. The monoisotopic (exact) mass is 290 g/mol. The lowest BCUT2D eigenvalue weighted by Crippen LogP contribution is -2.38. The van der Waals surface area contributed by atoms with Gasteiger partial charge < -0.3 is 15.0 Å². The third-order valence-corrected chi connectivity index (χ3v) is 3.67. The van der Waals surface area contributed by atoms with E-state index in [-0.39, 0.29) is 18.4 Å². The van der Waals surface area contributed by atoms with Crippen LogP contribution in [0.2, 0.25) is 0 Å². The summed E-state index contributed by atoms with van der Waals surface area (Å²) in [6, 6.07) is 7.66. The summed E-state index contributed by atoms with van der Waals surface area (Å²) in [5.41, 5.74) is 1.05. The van der Waals surface area contributed by atoms with E-state index in [0.717, 1.165) is 37.2 Å². The molecule has 1 fully saturated rings. The maximum absolute atomic E-state index is 11.8. The van der Waals surface area contributed by atoms with E-state index >= 15 is 0 Å². The highest BCUT2D eigenvalue weighted by atomic mass is 16.5. The Labute approximate surface area is 125 Å². The summed E-state index contributed by atoms with van der Waals surface area (Å²) < 4.78 is 5.15. The fourth-order valence-electron chi connectivity index (χ4n) is 2.43. The van der Waals surface area contributed by atoms with Gasteiger partial charge in [-0.2, -0.15) is 0 Å². The molecule has 0 spiro atoms. The normalized spacial score (nSPS) is 14.0. The number of hydrogen-bond donors (Lipinski definition) is 1. The molecule has 1 aliphatic rings. The van der Waals surface area contributed by atoms with Crippen molar-refractivity contribution in [3.05, 3.63) is 29.8 Å². The SMILES string of the molecule is COc1cccc(CCC(=O)NCC(=O)N2CCCC2)c1. The van der Waals surface area contributed by atoms with Crippen molar-refractivity contribution in [1.29, 1.82) is 0 Å². The Hall–Kier alpha value is -2.04. The number of hydrogen-bond acceptors (Lipinski definition) is 3.